The van der Waals surface area contributed by atoms with E-state index in [-0.39, 0.29) is 18.3 Å². The first-order chi connectivity index (χ1) is 13.4. The van der Waals surface area contributed by atoms with Crippen LogP contribution in [0.3, 0.4) is 0 Å². The van der Waals surface area contributed by atoms with Gasteiger partial charge in [-0.25, -0.2) is 4.98 Å². The zero-order valence-corrected chi connectivity index (χ0v) is 15.2. The number of nitrogens with zero attached hydrogens (tertiary/aromatic N) is 1. The highest BCUT2D eigenvalue weighted by atomic mass is 19.4. The van der Waals surface area contributed by atoms with Crippen molar-refractivity contribution in [2.75, 3.05) is 19.8 Å². The van der Waals surface area contributed by atoms with Gasteiger partial charge < -0.3 is 14.8 Å². The van der Waals surface area contributed by atoms with Gasteiger partial charge in [0.15, 0.2) is 6.61 Å². The van der Waals surface area contributed by atoms with E-state index < -0.39 is 18.2 Å². The molecule has 1 aliphatic heterocycles. The first-order valence-corrected chi connectivity index (χ1v) is 8.95. The molecule has 0 spiro atoms. The maximum atomic E-state index is 13.1. The van der Waals surface area contributed by atoms with E-state index in [0.717, 1.165) is 5.56 Å². The number of aromatic nitrogens is 1. The molecule has 1 saturated heterocycles. The van der Waals surface area contributed by atoms with Crippen LogP contribution in [0.1, 0.15) is 24.0 Å². The molecule has 1 aliphatic rings. The quantitative estimate of drug-likeness (QED) is 0.816. The second kappa shape index (κ2) is 8.60. The minimum Gasteiger partial charge on any atom is -0.468 e. The van der Waals surface area contributed by atoms with E-state index in [4.69, 9.17) is 4.74 Å². The van der Waals surface area contributed by atoms with Gasteiger partial charge in [0.2, 0.25) is 11.8 Å². The molecule has 0 radical (unpaired) electrons. The fourth-order valence-electron chi connectivity index (χ4n) is 3.27. The molecule has 28 heavy (non-hydrogen) atoms. The molecule has 1 amide bonds. The number of alkyl halides is 3. The first-order valence-electron chi connectivity index (χ1n) is 8.95. The Hall–Kier alpha value is -2.61. The van der Waals surface area contributed by atoms with Crippen molar-refractivity contribution in [3.8, 4) is 5.88 Å². The molecule has 8 heteroatoms. The number of amides is 1. The first kappa shape index (κ1) is 20.1. The monoisotopic (exact) mass is 394 g/mol. The summed E-state index contributed by atoms with van der Waals surface area (Å²) in [6.07, 6.45) is -1.94. The average Bonchev–Trinajstić information content (AvgIpc) is 2.71. The van der Waals surface area contributed by atoms with Crippen LogP contribution in [0.2, 0.25) is 0 Å². The molecule has 2 aromatic rings. The fraction of sp³-hybridized carbons (Fsp3) is 0.400. The molecular formula is C20H21F3N2O3. The Morgan fingerprint density at radius 1 is 1.18 bits per heavy atom. The predicted molar refractivity (Wildman–Crippen MR) is 95.8 cm³/mol. The molecule has 1 aromatic carbocycles. The Morgan fingerprint density at radius 2 is 1.89 bits per heavy atom. The van der Waals surface area contributed by atoms with Crippen LogP contribution in [0, 0.1) is 0 Å². The predicted octanol–water partition coefficient (Wildman–Crippen LogP) is 3.39. The summed E-state index contributed by atoms with van der Waals surface area (Å²) in [6, 6.07) is 12.6. The molecule has 1 fully saturated rings. The topological polar surface area (TPSA) is 60.5 Å². The smallest absolute Gasteiger partial charge is 0.422 e. The second-order valence-electron chi connectivity index (χ2n) is 6.65. The Bertz CT molecular complexity index is 791. The molecule has 5 nitrogen and oxygen atoms in total. The van der Waals surface area contributed by atoms with Crippen molar-refractivity contribution in [3.63, 3.8) is 0 Å². The summed E-state index contributed by atoms with van der Waals surface area (Å²) in [6.45, 7) is -0.258. The summed E-state index contributed by atoms with van der Waals surface area (Å²) in [5.74, 6) is -0.260. The van der Waals surface area contributed by atoms with Crippen molar-refractivity contribution >= 4 is 5.91 Å². The lowest BCUT2D eigenvalue weighted by molar-refractivity contribution is -0.154. The summed E-state index contributed by atoms with van der Waals surface area (Å²) < 4.78 is 46.9. The van der Waals surface area contributed by atoms with Crippen LogP contribution >= 0.6 is 0 Å². The average molecular weight is 394 g/mol. The molecule has 0 saturated carbocycles. The van der Waals surface area contributed by atoms with Gasteiger partial charge in [-0.2, -0.15) is 13.2 Å². The highest BCUT2D eigenvalue weighted by molar-refractivity contribution is 5.88. The molecule has 0 bridgehead atoms. The number of pyridine rings is 1. The highest BCUT2D eigenvalue weighted by Crippen LogP contribution is 2.35. The van der Waals surface area contributed by atoms with Crippen molar-refractivity contribution in [1.29, 1.82) is 0 Å². The zero-order valence-electron chi connectivity index (χ0n) is 15.2. The van der Waals surface area contributed by atoms with Gasteiger partial charge in [-0.15, -0.1) is 0 Å². The summed E-state index contributed by atoms with van der Waals surface area (Å²) in [5.41, 5.74) is 0.859. The van der Waals surface area contributed by atoms with Gasteiger partial charge in [-0.3, -0.25) is 4.79 Å². The van der Waals surface area contributed by atoms with E-state index in [9.17, 15) is 18.0 Å². The minimum atomic E-state index is -4.43. The van der Waals surface area contributed by atoms with Crippen LogP contribution in [0.5, 0.6) is 5.88 Å². The van der Waals surface area contributed by atoms with Gasteiger partial charge in [0.25, 0.3) is 0 Å². The number of rotatable bonds is 6. The molecule has 1 aromatic heterocycles. The summed E-state index contributed by atoms with van der Waals surface area (Å²) in [7, 11) is 0. The van der Waals surface area contributed by atoms with Gasteiger partial charge in [0.05, 0.1) is 5.41 Å². The number of halogens is 3. The third kappa shape index (κ3) is 5.01. The van der Waals surface area contributed by atoms with Crippen LogP contribution in [0.15, 0.2) is 48.7 Å². The summed E-state index contributed by atoms with van der Waals surface area (Å²) in [5, 5.41) is 2.91. The van der Waals surface area contributed by atoms with Gasteiger partial charge in [-0.1, -0.05) is 30.3 Å². The Morgan fingerprint density at radius 3 is 2.57 bits per heavy atom. The largest absolute Gasteiger partial charge is 0.468 e. The van der Waals surface area contributed by atoms with Crippen LogP contribution in [-0.4, -0.2) is 36.9 Å². The highest BCUT2D eigenvalue weighted by Gasteiger charge is 2.41. The number of carbonyl (C=O) groups is 1. The van der Waals surface area contributed by atoms with Crippen molar-refractivity contribution in [1.82, 2.24) is 10.3 Å². The molecule has 1 N–H and O–H groups in total. The van der Waals surface area contributed by atoms with Crippen LogP contribution < -0.4 is 10.1 Å². The van der Waals surface area contributed by atoms with Crippen molar-refractivity contribution in [2.45, 2.75) is 31.0 Å². The van der Waals surface area contributed by atoms with E-state index in [1.165, 1.54) is 12.3 Å². The minimum absolute atomic E-state index is 0.128. The van der Waals surface area contributed by atoms with Gasteiger partial charge in [-0.05, 0) is 30.0 Å². The molecule has 0 aliphatic carbocycles. The van der Waals surface area contributed by atoms with Crippen molar-refractivity contribution in [2.24, 2.45) is 0 Å². The maximum absolute atomic E-state index is 13.1. The van der Waals surface area contributed by atoms with E-state index in [1.54, 1.807) is 6.07 Å². The molecular weight excluding hydrogens is 373 g/mol. The van der Waals surface area contributed by atoms with E-state index in [0.29, 0.717) is 31.6 Å². The van der Waals surface area contributed by atoms with Crippen LogP contribution in [0.4, 0.5) is 13.2 Å². The molecule has 3 rings (SSSR count). The van der Waals surface area contributed by atoms with Crippen LogP contribution in [0.25, 0.3) is 0 Å². The lowest BCUT2D eigenvalue weighted by Gasteiger charge is -2.36. The van der Waals surface area contributed by atoms with Gasteiger partial charge in [0.1, 0.15) is 0 Å². The summed E-state index contributed by atoms with van der Waals surface area (Å²) >= 11 is 0. The number of hydrogen-bond donors (Lipinski definition) is 1. The van der Waals surface area contributed by atoms with E-state index >= 15 is 0 Å². The number of benzene rings is 1. The SMILES string of the molecule is O=C(NCc1ccnc(OCC(F)(F)F)c1)C1(c2ccccc2)CCOCC1. The lowest BCUT2D eigenvalue weighted by atomic mass is 9.73. The number of hydrogen-bond acceptors (Lipinski definition) is 4. The number of nitrogens with one attached hydrogen (secondary N) is 1. The molecule has 150 valence electrons. The Kier molecular flexibility index (Phi) is 6.18. The molecule has 0 atom stereocenters. The Labute approximate surface area is 160 Å². The third-order valence-corrected chi connectivity index (χ3v) is 4.74. The van der Waals surface area contributed by atoms with Gasteiger partial charge >= 0.3 is 6.18 Å². The van der Waals surface area contributed by atoms with Crippen LogP contribution in [-0.2, 0) is 21.5 Å². The Balaban J connectivity index is 1.68. The molecule has 2 heterocycles. The van der Waals surface area contributed by atoms with E-state index in [2.05, 4.69) is 15.0 Å². The second-order valence-corrected chi connectivity index (χ2v) is 6.65. The normalized spacial score (nSPS) is 16.4. The molecule has 0 unspecified atom stereocenters. The lowest BCUT2D eigenvalue weighted by Crippen LogP contribution is -2.47. The standard InChI is InChI=1S/C20H21F3N2O3/c21-20(22,23)14-28-17-12-15(6-9-24-17)13-25-18(26)19(7-10-27-11-8-19)16-4-2-1-3-5-16/h1-6,9,12H,7-8,10-11,13-14H2,(H,25,26). The van der Waals surface area contributed by atoms with Crippen molar-refractivity contribution in [3.05, 3.63) is 59.8 Å². The number of ether oxygens (including phenoxy) is 2. The number of carbonyl (C=O) groups excluding carboxylic acids is 1. The van der Waals surface area contributed by atoms with Gasteiger partial charge in [0, 0.05) is 32.0 Å². The zero-order chi connectivity index (χ0) is 20.0. The summed E-state index contributed by atoms with van der Waals surface area (Å²) in [4.78, 5) is 16.8. The maximum Gasteiger partial charge on any atom is 0.422 e. The van der Waals surface area contributed by atoms with E-state index in [1.807, 2.05) is 30.3 Å². The fourth-order valence-corrected chi connectivity index (χ4v) is 3.27. The van der Waals surface area contributed by atoms with Crippen molar-refractivity contribution < 1.29 is 27.4 Å². The third-order valence-electron chi connectivity index (χ3n) is 4.74.